The number of aryl methyl sites for hydroxylation is 1. The Morgan fingerprint density at radius 1 is 1.43 bits per heavy atom. The van der Waals surface area contributed by atoms with Crippen molar-refractivity contribution in [3.63, 3.8) is 0 Å². The van der Waals surface area contributed by atoms with E-state index in [-0.39, 0.29) is 0 Å². The highest BCUT2D eigenvalue weighted by Gasteiger charge is 2.16. The summed E-state index contributed by atoms with van der Waals surface area (Å²) >= 11 is 1.48. The highest BCUT2D eigenvalue weighted by atomic mass is 32.2. The summed E-state index contributed by atoms with van der Waals surface area (Å²) in [5.41, 5.74) is 0. The van der Waals surface area contributed by atoms with Crippen molar-refractivity contribution in [1.82, 2.24) is 24.9 Å². The summed E-state index contributed by atoms with van der Waals surface area (Å²) < 4.78 is 12.4. The number of thioether (sulfide) groups is 1. The van der Waals surface area contributed by atoms with Crippen LogP contribution < -0.4 is 0 Å². The van der Waals surface area contributed by atoms with Crippen LogP contribution in [0.15, 0.2) is 45.1 Å². The zero-order valence-corrected chi connectivity index (χ0v) is 12.2. The van der Waals surface area contributed by atoms with Crippen molar-refractivity contribution < 1.29 is 8.94 Å². The Bertz CT molecular complexity index is 732. The van der Waals surface area contributed by atoms with E-state index in [1.165, 1.54) is 11.8 Å². The largest absolute Gasteiger partial charge is 0.461 e. The standard InChI is InChI=1S/C13H13N5O2S/c1-3-6-18-12(10-5-4-7-19-10)15-16-13(18)21-8-11-14-9(2)17-20-11/h3-5,7H,1,6,8H2,2H3. The van der Waals surface area contributed by atoms with E-state index in [0.717, 1.165) is 5.16 Å². The van der Waals surface area contributed by atoms with Gasteiger partial charge in [0.15, 0.2) is 16.7 Å². The molecule has 0 aromatic carbocycles. The van der Waals surface area contributed by atoms with Crippen molar-refractivity contribution in [2.75, 3.05) is 0 Å². The first-order chi connectivity index (χ1) is 10.3. The molecule has 0 aliphatic rings. The van der Waals surface area contributed by atoms with Crippen molar-refractivity contribution in [3.8, 4) is 11.6 Å². The SMILES string of the molecule is C=CCn1c(SCc2nc(C)no2)nnc1-c1ccco1. The quantitative estimate of drug-likeness (QED) is 0.511. The van der Waals surface area contributed by atoms with Crippen LogP contribution in [0.4, 0.5) is 0 Å². The van der Waals surface area contributed by atoms with Crippen LogP contribution in [-0.4, -0.2) is 24.9 Å². The Hall–Kier alpha value is -2.35. The molecule has 0 amide bonds. The first kappa shape index (κ1) is 13.6. The minimum atomic E-state index is 0.536. The molecule has 0 radical (unpaired) electrons. The fraction of sp³-hybridized carbons (Fsp3) is 0.231. The molecule has 0 aliphatic carbocycles. The third kappa shape index (κ3) is 2.89. The molecule has 0 saturated carbocycles. The molecule has 0 fully saturated rings. The van der Waals surface area contributed by atoms with Crippen molar-refractivity contribution in [2.24, 2.45) is 0 Å². The maximum atomic E-state index is 5.38. The molecule has 8 heteroatoms. The summed E-state index contributed by atoms with van der Waals surface area (Å²) in [5.74, 6) is 3.06. The lowest BCUT2D eigenvalue weighted by molar-refractivity contribution is 0.387. The number of hydrogen-bond donors (Lipinski definition) is 0. The number of nitrogens with zero attached hydrogens (tertiary/aromatic N) is 5. The van der Waals surface area contributed by atoms with Crippen LogP contribution in [0.2, 0.25) is 0 Å². The van der Waals surface area contributed by atoms with Crippen LogP contribution in [-0.2, 0) is 12.3 Å². The van der Waals surface area contributed by atoms with Gasteiger partial charge in [-0.15, -0.1) is 16.8 Å². The molecule has 3 aromatic heterocycles. The molecule has 0 bridgehead atoms. The normalized spacial score (nSPS) is 10.9. The lowest BCUT2D eigenvalue weighted by atomic mass is 10.4. The van der Waals surface area contributed by atoms with Crippen LogP contribution in [0.1, 0.15) is 11.7 Å². The van der Waals surface area contributed by atoms with E-state index < -0.39 is 0 Å². The van der Waals surface area contributed by atoms with Gasteiger partial charge in [-0.3, -0.25) is 4.57 Å². The van der Waals surface area contributed by atoms with Gasteiger partial charge in [0, 0.05) is 6.54 Å². The minimum absolute atomic E-state index is 0.536. The summed E-state index contributed by atoms with van der Waals surface area (Å²) in [6.07, 6.45) is 3.40. The van der Waals surface area contributed by atoms with Gasteiger partial charge in [-0.1, -0.05) is 23.0 Å². The number of rotatable bonds is 6. The Morgan fingerprint density at radius 3 is 3.00 bits per heavy atom. The monoisotopic (exact) mass is 303 g/mol. The van der Waals surface area contributed by atoms with E-state index in [1.54, 1.807) is 19.3 Å². The number of furan rings is 1. The summed E-state index contributed by atoms with van der Waals surface area (Å²) in [7, 11) is 0. The molecule has 21 heavy (non-hydrogen) atoms. The summed E-state index contributed by atoms with van der Waals surface area (Å²) in [6, 6.07) is 3.66. The third-order valence-electron chi connectivity index (χ3n) is 2.66. The average Bonchev–Trinajstić information content (AvgIpc) is 3.18. The molecule has 0 saturated heterocycles. The van der Waals surface area contributed by atoms with Gasteiger partial charge in [0.1, 0.15) is 0 Å². The number of hydrogen-bond acceptors (Lipinski definition) is 7. The van der Waals surface area contributed by atoms with Gasteiger partial charge in [-0.25, -0.2) is 0 Å². The minimum Gasteiger partial charge on any atom is -0.461 e. The van der Waals surface area contributed by atoms with Gasteiger partial charge >= 0.3 is 0 Å². The number of aromatic nitrogens is 5. The maximum Gasteiger partial charge on any atom is 0.237 e. The second kappa shape index (κ2) is 5.96. The van der Waals surface area contributed by atoms with Gasteiger partial charge < -0.3 is 8.94 Å². The van der Waals surface area contributed by atoms with Crippen molar-refractivity contribution >= 4 is 11.8 Å². The molecule has 7 nitrogen and oxygen atoms in total. The highest BCUT2D eigenvalue weighted by molar-refractivity contribution is 7.98. The highest BCUT2D eigenvalue weighted by Crippen LogP contribution is 2.26. The van der Waals surface area contributed by atoms with Gasteiger partial charge in [0.2, 0.25) is 11.7 Å². The summed E-state index contributed by atoms with van der Waals surface area (Å²) in [4.78, 5) is 4.16. The lowest BCUT2D eigenvalue weighted by Gasteiger charge is -2.04. The zero-order valence-electron chi connectivity index (χ0n) is 11.4. The van der Waals surface area contributed by atoms with E-state index in [4.69, 9.17) is 8.94 Å². The molecule has 3 heterocycles. The van der Waals surface area contributed by atoms with E-state index in [0.29, 0.717) is 35.6 Å². The Labute approximate surface area is 125 Å². The topological polar surface area (TPSA) is 82.8 Å². The zero-order chi connectivity index (χ0) is 14.7. The first-order valence-electron chi connectivity index (χ1n) is 6.28. The number of allylic oxidation sites excluding steroid dienone is 1. The average molecular weight is 303 g/mol. The van der Waals surface area contributed by atoms with Crippen LogP contribution >= 0.6 is 11.8 Å². The van der Waals surface area contributed by atoms with E-state index in [2.05, 4.69) is 26.9 Å². The molecule has 0 spiro atoms. The molecule has 3 rings (SSSR count). The molecule has 108 valence electrons. The third-order valence-corrected chi connectivity index (χ3v) is 3.62. The van der Waals surface area contributed by atoms with E-state index >= 15 is 0 Å². The second-order valence-corrected chi connectivity index (χ2v) is 5.15. The Morgan fingerprint density at radius 2 is 2.33 bits per heavy atom. The molecule has 0 aliphatic heterocycles. The van der Waals surface area contributed by atoms with Gasteiger partial charge in [0.05, 0.1) is 12.0 Å². The van der Waals surface area contributed by atoms with Crippen molar-refractivity contribution in [2.45, 2.75) is 24.4 Å². The van der Waals surface area contributed by atoms with Gasteiger partial charge in [0.25, 0.3) is 0 Å². The lowest BCUT2D eigenvalue weighted by Crippen LogP contribution is -2.00. The summed E-state index contributed by atoms with van der Waals surface area (Å²) in [6.45, 7) is 6.14. The second-order valence-electron chi connectivity index (χ2n) is 4.21. The first-order valence-corrected chi connectivity index (χ1v) is 7.26. The molecule has 3 aromatic rings. The summed E-state index contributed by atoms with van der Waals surface area (Å²) in [5, 5.41) is 12.9. The van der Waals surface area contributed by atoms with Gasteiger partial charge in [-0.2, -0.15) is 4.98 Å². The maximum absolute atomic E-state index is 5.38. The van der Waals surface area contributed by atoms with Crippen molar-refractivity contribution in [1.29, 1.82) is 0 Å². The molecular weight excluding hydrogens is 290 g/mol. The predicted octanol–water partition coefficient (Wildman–Crippen LogP) is 2.71. The van der Waals surface area contributed by atoms with Crippen LogP contribution in [0.3, 0.4) is 0 Å². The molecular formula is C13H13N5O2S. The van der Waals surface area contributed by atoms with E-state index in [9.17, 15) is 0 Å². The van der Waals surface area contributed by atoms with E-state index in [1.807, 2.05) is 16.7 Å². The van der Waals surface area contributed by atoms with Crippen molar-refractivity contribution in [3.05, 3.63) is 42.8 Å². The molecule has 0 N–H and O–H groups in total. The Balaban J connectivity index is 1.83. The van der Waals surface area contributed by atoms with Crippen LogP contribution in [0.25, 0.3) is 11.6 Å². The Kier molecular flexibility index (Phi) is 3.87. The molecule has 0 atom stereocenters. The van der Waals surface area contributed by atoms with Crippen LogP contribution in [0, 0.1) is 6.92 Å². The predicted molar refractivity (Wildman–Crippen MR) is 76.5 cm³/mol. The molecule has 0 unspecified atom stereocenters. The van der Waals surface area contributed by atoms with Gasteiger partial charge in [-0.05, 0) is 19.1 Å². The smallest absolute Gasteiger partial charge is 0.237 e. The van der Waals surface area contributed by atoms with Crippen LogP contribution in [0.5, 0.6) is 0 Å². The fourth-order valence-corrected chi connectivity index (χ4v) is 2.59. The fourth-order valence-electron chi connectivity index (χ4n) is 1.80.